The van der Waals surface area contributed by atoms with Gasteiger partial charge >= 0.3 is 6.09 Å². The Morgan fingerprint density at radius 3 is 2.63 bits per heavy atom. The van der Waals surface area contributed by atoms with Gasteiger partial charge in [-0.3, -0.25) is 4.79 Å². The Bertz CT molecular complexity index is 896. The lowest BCUT2D eigenvalue weighted by Gasteiger charge is -2.36. The first-order chi connectivity index (χ1) is 16.7. The van der Waals surface area contributed by atoms with Gasteiger partial charge < -0.3 is 24.6 Å². The summed E-state index contributed by atoms with van der Waals surface area (Å²) in [7, 11) is 0. The summed E-state index contributed by atoms with van der Waals surface area (Å²) < 4.78 is 24.9. The quantitative estimate of drug-likeness (QED) is 0.619. The van der Waals surface area contributed by atoms with Crippen molar-refractivity contribution in [3.63, 3.8) is 0 Å². The predicted molar refractivity (Wildman–Crippen MR) is 133 cm³/mol. The maximum atomic E-state index is 13.7. The van der Waals surface area contributed by atoms with E-state index in [2.05, 4.69) is 24.1 Å². The topological polar surface area (TPSA) is 71.1 Å². The molecule has 0 spiro atoms. The van der Waals surface area contributed by atoms with Gasteiger partial charge in [0.15, 0.2) is 6.10 Å². The van der Waals surface area contributed by atoms with Gasteiger partial charge in [-0.2, -0.15) is 0 Å². The average molecular weight is 490 g/mol. The van der Waals surface area contributed by atoms with E-state index in [-0.39, 0.29) is 23.3 Å². The second kappa shape index (κ2) is 11.1. The Morgan fingerprint density at radius 1 is 1.20 bits per heavy atom. The SMILES string of the molecule is C[C@@H](CN1c2ccc(F)cc2CC1(C)C)NC(=O)OC(CC1CCCCC1)C(=O)N1CCOCC1. The van der Waals surface area contributed by atoms with E-state index >= 15 is 0 Å². The molecular formula is C27H40FN3O4. The number of rotatable bonds is 7. The number of carbonyl (C=O) groups excluding carboxylic acids is 2. The monoisotopic (exact) mass is 489 g/mol. The molecule has 2 amide bonds. The molecule has 2 fully saturated rings. The molecule has 1 aromatic carbocycles. The fraction of sp³-hybridized carbons (Fsp3) is 0.704. The number of morpholine rings is 1. The third-order valence-electron chi connectivity index (χ3n) is 7.63. The molecule has 0 radical (unpaired) electrons. The van der Waals surface area contributed by atoms with Crippen LogP contribution >= 0.6 is 0 Å². The summed E-state index contributed by atoms with van der Waals surface area (Å²) in [6.07, 6.45) is 5.74. The van der Waals surface area contributed by atoms with E-state index in [1.165, 1.54) is 25.3 Å². The number of fused-ring (bicyclic) bond motifs is 1. The molecule has 1 unspecified atom stereocenters. The van der Waals surface area contributed by atoms with E-state index in [1.807, 2.05) is 13.0 Å². The van der Waals surface area contributed by atoms with E-state index < -0.39 is 12.2 Å². The van der Waals surface area contributed by atoms with E-state index in [9.17, 15) is 14.0 Å². The number of carbonyl (C=O) groups is 2. The number of alkyl carbamates (subject to hydrolysis) is 1. The fourth-order valence-electron chi connectivity index (χ4n) is 5.79. The van der Waals surface area contributed by atoms with Gasteiger partial charge in [0.05, 0.1) is 13.2 Å². The average Bonchev–Trinajstić information content (AvgIpc) is 3.07. The number of amides is 2. The summed E-state index contributed by atoms with van der Waals surface area (Å²) in [6.45, 7) is 8.83. The van der Waals surface area contributed by atoms with Gasteiger partial charge in [-0.15, -0.1) is 0 Å². The normalized spacial score (nSPS) is 21.8. The first-order valence-electron chi connectivity index (χ1n) is 13.1. The van der Waals surface area contributed by atoms with Crippen LogP contribution < -0.4 is 10.2 Å². The lowest BCUT2D eigenvalue weighted by Crippen LogP contribution is -2.51. The second-order valence-electron chi connectivity index (χ2n) is 11.0. The van der Waals surface area contributed by atoms with Crippen LogP contribution in [0.3, 0.4) is 0 Å². The van der Waals surface area contributed by atoms with Crippen LogP contribution in [0.2, 0.25) is 0 Å². The first-order valence-corrected chi connectivity index (χ1v) is 13.1. The Balaban J connectivity index is 1.37. The van der Waals surface area contributed by atoms with Crippen LogP contribution in [-0.2, 0) is 20.7 Å². The number of benzene rings is 1. The van der Waals surface area contributed by atoms with Crippen LogP contribution in [0.25, 0.3) is 0 Å². The van der Waals surface area contributed by atoms with Crippen molar-refractivity contribution in [2.24, 2.45) is 5.92 Å². The molecule has 1 aliphatic carbocycles. The smallest absolute Gasteiger partial charge is 0.408 e. The highest BCUT2D eigenvalue weighted by Gasteiger charge is 2.37. The molecule has 4 rings (SSSR count). The van der Waals surface area contributed by atoms with Gasteiger partial charge in [0.25, 0.3) is 5.91 Å². The number of nitrogens with zero attached hydrogens (tertiary/aromatic N) is 2. The lowest BCUT2D eigenvalue weighted by molar-refractivity contribution is -0.145. The highest BCUT2D eigenvalue weighted by molar-refractivity contribution is 5.83. The molecule has 2 atom stereocenters. The molecule has 1 aromatic rings. The zero-order chi connectivity index (χ0) is 25.0. The van der Waals surface area contributed by atoms with Gasteiger partial charge in [0.1, 0.15) is 5.82 Å². The molecule has 7 nitrogen and oxygen atoms in total. The fourth-order valence-corrected chi connectivity index (χ4v) is 5.79. The molecule has 35 heavy (non-hydrogen) atoms. The van der Waals surface area contributed by atoms with Gasteiger partial charge in [-0.05, 0) is 63.3 Å². The molecule has 3 aliphatic rings. The van der Waals surface area contributed by atoms with Crippen molar-refractivity contribution in [1.29, 1.82) is 0 Å². The van der Waals surface area contributed by atoms with E-state index in [4.69, 9.17) is 9.47 Å². The summed E-state index contributed by atoms with van der Waals surface area (Å²) in [5.41, 5.74) is 1.79. The number of ether oxygens (including phenoxy) is 2. The van der Waals surface area contributed by atoms with Crippen LogP contribution in [0.4, 0.5) is 14.9 Å². The standard InChI is InChI=1S/C27H40FN3O4/c1-19(18-31-23-10-9-22(28)16-21(23)17-27(31,2)3)29-26(33)35-24(15-20-7-5-4-6-8-20)25(32)30-11-13-34-14-12-30/h9-10,16,19-20,24H,4-8,11-15,17-18H2,1-3H3,(H,29,33)/t19-,24?/m0/s1. The van der Waals surface area contributed by atoms with Crippen molar-refractivity contribution in [3.8, 4) is 0 Å². The van der Waals surface area contributed by atoms with Crippen molar-refractivity contribution in [1.82, 2.24) is 10.2 Å². The zero-order valence-electron chi connectivity index (χ0n) is 21.4. The molecular weight excluding hydrogens is 449 g/mol. The van der Waals surface area contributed by atoms with Crippen LogP contribution in [0.1, 0.15) is 64.9 Å². The first kappa shape index (κ1) is 25.7. The van der Waals surface area contributed by atoms with Crippen molar-refractivity contribution in [2.75, 3.05) is 37.7 Å². The van der Waals surface area contributed by atoms with Gasteiger partial charge in [0.2, 0.25) is 0 Å². The highest BCUT2D eigenvalue weighted by Crippen LogP contribution is 2.39. The third-order valence-corrected chi connectivity index (χ3v) is 7.63. The minimum absolute atomic E-state index is 0.113. The maximum Gasteiger partial charge on any atom is 0.408 e. The molecule has 194 valence electrons. The molecule has 0 bridgehead atoms. The minimum Gasteiger partial charge on any atom is -0.436 e. The Kier molecular flexibility index (Phi) is 8.19. The van der Waals surface area contributed by atoms with Crippen molar-refractivity contribution in [2.45, 2.75) is 83.4 Å². The Morgan fingerprint density at radius 2 is 1.91 bits per heavy atom. The number of nitrogens with one attached hydrogen (secondary N) is 1. The predicted octanol–water partition coefficient (Wildman–Crippen LogP) is 4.28. The molecule has 1 saturated heterocycles. The molecule has 8 heteroatoms. The summed E-state index contributed by atoms with van der Waals surface area (Å²) >= 11 is 0. The summed E-state index contributed by atoms with van der Waals surface area (Å²) in [5.74, 6) is 0.0645. The van der Waals surface area contributed by atoms with Gasteiger partial charge in [0, 0.05) is 36.9 Å². The number of halogens is 1. The second-order valence-corrected chi connectivity index (χ2v) is 11.0. The third kappa shape index (κ3) is 6.46. The van der Waals surface area contributed by atoms with Crippen LogP contribution in [0.15, 0.2) is 18.2 Å². The van der Waals surface area contributed by atoms with E-state index in [0.29, 0.717) is 45.2 Å². The van der Waals surface area contributed by atoms with Crippen molar-refractivity contribution < 1.29 is 23.5 Å². The number of hydrogen-bond donors (Lipinski definition) is 1. The Hall–Kier alpha value is -2.35. The van der Waals surface area contributed by atoms with Gasteiger partial charge in [-0.25, -0.2) is 9.18 Å². The maximum absolute atomic E-state index is 13.7. The zero-order valence-corrected chi connectivity index (χ0v) is 21.4. The van der Waals surface area contributed by atoms with Crippen molar-refractivity contribution >= 4 is 17.7 Å². The van der Waals surface area contributed by atoms with Crippen LogP contribution in [0, 0.1) is 11.7 Å². The number of hydrogen-bond acceptors (Lipinski definition) is 5. The van der Waals surface area contributed by atoms with Gasteiger partial charge in [-0.1, -0.05) is 32.1 Å². The summed E-state index contributed by atoms with van der Waals surface area (Å²) in [6, 6.07) is 4.67. The van der Waals surface area contributed by atoms with E-state index in [0.717, 1.165) is 30.5 Å². The minimum atomic E-state index is -0.768. The van der Waals surface area contributed by atoms with Crippen LogP contribution in [-0.4, -0.2) is 67.4 Å². The van der Waals surface area contributed by atoms with Crippen molar-refractivity contribution in [3.05, 3.63) is 29.6 Å². The lowest BCUT2D eigenvalue weighted by atomic mass is 9.85. The number of anilines is 1. The molecule has 2 aliphatic heterocycles. The Labute approximate surface area is 208 Å². The van der Waals surface area contributed by atoms with E-state index in [1.54, 1.807) is 11.0 Å². The summed E-state index contributed by atoms with van der Waals surface area (Å²) in [4.78, 5) is 30.1. The summed E-state index contributed by atoms with van der Waals surface area (Å²) in [5, 5.41) is 2.94. The largest absolute Gasteiger partial charge is 0.436 e. The molecule has 2 heterocycles. The molecule has 0 aromatic heterocycles. The van der Waals surface area contributed by atoms with Crippen LogP contribution in [0.5, 0.6) is 0 Å². The molecule has 1 N–H and O–H groups in total. The highest BCUT2D eigenvalue weighted by atomic mass is 19.1. The molecule has 1 saturated carbocycles.